The molecule has 0 fully saturated rings. The lowest BCUT2D eigenvalue weighted by molar-refractivity contribution is -0.117. The van der Waals surface area contributed by atoms with Crippen LogP contribution in [0.4, 0.5) is 11.4 Å². The van der Waals surface area contributed by atoms with Crippen LogP contribution in [0.2, 0.25) is 0 Å². The highest BCUT2D eigenvalue weighted by Crippen LogP contribution is 2.44. The molecule has 0 bridgehead atoms. The Bertz CT molecular complexity index is 757. The minimum atomic E-state index is -0.125. The second-order valence-corrected chi connectivity index (χ2v) is 5.93. The van der Waals surface area contributed by atoms with Crippen LogP contribution in [0.1, 0.15) is 17.0 Å². The Kier molecular flexibility index (Phi) is 2.86. The number of carbonyl (C=O) groups excluding carboxylic acids is 1. The average molecular weight is 294 g/mol. The number of amides is 1. The van der Waals surface area contributed by atoms with Gasteiger partial charge in [0.05, 0.1) is 13.0 Å². The van der Waals surface area contributed by atoms with Crippen molar-refractivity contribution in [2.24, 2.45) is 0 Å². The summed E-state index contributed by atoms with van der Waals surface area (Å²) in [5, 5.41) is 3.09. The zero-order valence-electron chi connectivity index (χ0n) is 12.7. The van der Waals surface area contributed by atoms with Gasteiger partial charge < -0.3 is 15.0 Å². The summed E-state index contributed by atoms with van der Waals surface area (Å²) < 4.78 is 5.32. The van der Waals surface area contributed by atoms with Gasteiger partial charge >= 0.3 is 0 Å². The molecule has 4 heteroatoms. The van der Waals surface area contributed by atoms with Crippen molar-refractivity contribution >= 4 is 17.3 Å². The highest BCUT2D eigenvalue weighted by molar-refractivity contribution is 6.00. The zero-order valence-corrected chi connectivity index (χ0v) is 12.7. The number of carbonyl (C=O) groups is 1. The van der Waals surface area contributed by atoms with E-state index in [4.69, 9.17) is 4.74 Å². The van der Waals surface area contributed by atoms with Crippen molar-refractivity contribution in [2.45, 2.75) is 18.4 Å². The molecule has 0 spiro atoms. The van der Waals surface area contributed by atoms with Crippen LogP contribution in [0.3, 0.4) is 0 Å². The fourth-order valence-electron chi connectivity index (χ4n) is 3.68. The fourth-order valence-corrected chi connectivity index (χ4v) is 3.68. The molecule has 1 N–H and O–H groups in total. The maximum Gasteiger partial charge on any atom is 0.234 e. The third kappa shape index (κ3) is 1.80. The molecule has 2 unspecified atom stereocenters. The monoisotopic (exact) mass is 294 g/mol. The SMILES string of the molecule is COc1ccc2c(c1)CC1C(C(=O)N2)c2ccccc2N1C. The lowest BCUT2D eigenvalue weighted by Gasteiger charge is -2.24. The lowest BCUT2D eigenvalue weighted by atomic mass is 9.91. The molecule has 2 aromatic rings. The number of benzene rings is 2. The largest absolute Gasteiger partial charge is 0.497 e. The summed E-state index contributed by atoms with van der Waals surface area (Å²) in [6, 6.07) is 14.2. The molecule has 2 atom stereocenters. The van der Waals surface area contributed by atoms with Gasteiger partial charge in [-0.05, 0) is 41.8 Å². The number of hydrogen-bond donors (Lipinski definition) is 1. The number of ether oxygens (including phenoxy) is 1. The van der Waals surface area contributed by atoms with Crippen LogP contribution in [-0.2, 0) is 11.2 Å². The topological polar surface area (TPSA) is 41.6 Å². The molecule has 22 heavy (non-hydrogen) atoms. The second kappa shape index (κ2) is 4.77. The number of methoxy groups -OCH3 is 1. The van der Waals surface area contributed by atoms with Gasteiger partial charge in [-0.15, -0.1) is 0 Å². The standard InChI is InChI=1S/C18H18N2O2/c1-20-15-6-4-3-5-13(15)17-16(20)10-11-9-12(22-2)7-8-14(11)19-18(17)21/h3-9,16-17H,10H2,1-2H3,(H,19,21). The molecule has 2 aromatic carbocycles. The molecule has 112 valence electrons. The minimum absolute atomic E-state index is 0.0747. The first kappa shape index (κ1) is 13.2. The van der Waals surface area contributed by atoms with Gasteiger partial charge in [-0.2, -0.15) is 0 Å². The molecular formula is C18H18N2O2. The smallest absolute Gasteiger partial charge is 0.234 e. The van der Waals surface area contributed by atoms with Gasteiger partial charge in [0.1, 0.15) is 5.75 Å². The van der Waals surface area contributed by atoms with Crippen molar-refractivity contribution in [3.63, 3.8) is 0 Å². The first-order valence-electron chi connectivity index (χ1n) is 7.48. The number of para-hydroxylation sites is 1. The summed E-state index contributed by atoms with van der Waals surface area (Å²) >= 11 is 0. The van der Waals surface area contributed by atoms with Gasteiger partial charge in [0.25, 0.3) is 0 Å². The van der Waals surface area contributed by atoms with Crippen LogP contribution < -0.4 is 15.0 Å². The maximum absolute atomic E-state index is 12.8. The number of rotatable bonds is 1. The quantitative estimate of drug-likeness (QED) is 0.879. The molecular weight excluding hydrogens is 276 g/mol. The van der Waals surface area contributed by atoms with E-state index in [2.05, 4.69) is 29.4 Å². The van der Waals surface area contributed by atoms with E-state index in [9.17, 15) is 4.79 Å². The number of fused-ring (bicyclic) bond motifs is 4. The van der Waals surface area contributed by atoms with Crippen molar-refractivity contribution in [1.82, 2.24) is 0 Å². The Morgan fingerprint density at radius 2 is 2.05 bits per heavy atom. The predicted molar refractivity (Wildman–Crippen MR) is 86.7 cm³/mol. The van der Waals surface area contributed by atoms with E-state index in [1.54, 1.807) is 7.11 Å². The van der Waals surface area contributed by atoms with Crippen LogP contribution >= 0.6 is 0 Å². The van der Waals surface area contributed by atoms with Gasteiger partial charge in [-0.3, -0.25) is 4.79 Å². The van der Waals surface area contributed by atoms with Crippen LogP contribution in [0.25, 0.3) is 0 Å². The lowest BCUT2D eigenvalue weighted by Crippen LogP contribution is -2.35. The number of anilines is 2. The predicted octanol–water partition coefficient (Wildman–Crippen LogP) is 2.79. The van der Waals surface area contributed by atoms with Crippen LogP contribution in [0.5, 0.6) is 5.75 Å². The zero-order chi connectivity index (χ0) is 15.3. The van der Waals surface area contributed by atoms with Crippen LogP contribution in [0, 0.1) is 0 Å². The summed E-state index contributed by atoms with van der Waals surface area (Å²) in [7, 11) is 3.74. The van der Waals surface area contributed by atoms with E-state index in [-0.39, 0.29) is 17.9 Å². The summed E-state index contributed by atoms with van der Waals surface area (Å²) in [6.45, 7) is 0. The molecule has 4 nitrogen and oxygen atoms in total. The summed E-state index contributed by atoms with van der Waals surface area (Å²) in [6.07, 6.45) is 0.821. The summed E-state index contributed by atoms with van der Waals surface area (Å²) in [5.74, 6) is 0.773. The molecule has 0 radical (unpaired) electrons. The summed E-state index contributed by atoms with van der Waals surface area (Å²) in [4.78, 5) is 15.0. The molecule has 2 aliphatic heterocycles. The Hall–Kier alpha value is -2.49. The first-order valence-corrected chi connectivity index (χ1v) is 7.48. The molecule has 0 saturated carbocycles. The number of likely N-dealkylation sites (N-methyl/N-ethyl adjacent to an activating group) is 1. The van der Waals surface area contributed by atoms with Gasteiger partial charge in [-0.25, -0.2) is 0 Å². The van der Waals surface area contributed by atoms with E-state index < -0.39 is 0 Å². The van der Waals surface area contributed by atoms with E-state index in [0.717, 1.165) is 34.7 Å². The highest BCUT2D eigenvalue weighted by atomic mass is 16.5. The van der Waals surface area contributed by atoms with E-state index in [0.29, 0.717) is 0 Å². The molecule has 2 aliphatic rings. The molecule has 0 saturated heterocycles. The van der Waals surface area contributed by atoms with Crippen molar-refractivity contribution < 1.29 is 9.53 Å². The number of nitrogens with zero attached hydrogens (tertiary/aromatic N) is 1. The van der Waals surface area contributed by atoms with Gasteiger partial charge in [0.15, 0.2) is 0 Å². The Labute approximate surface area is 129 Å². The number of nitrogens with one attached hydrogen (secondary N) is 1. The second-order valence-electron chi connectivity index (χ2n) is 5.93. The summed E-state index contributed by atoms with van der Waals surface area (Å²) in [5.41, 5.74) is 4.29. The van der Waals surface area contributed by atoms with Gasteiger partial charge in [0.2, 0.25) is 5.91 Å². The molecule has 0 aliphatic carbocycles. The number of hydrogen-bond acceptors (Lipinski definition) is 3. The van der Waals surface area contributed by atoms with Crippen LogP contribution in [-0.4, -0.2) is 26.1 Å². The molecule has 4 rings (SSSR count). The Morgan fingerprint density at radius 1 is 1.23 bits per heavy atom. The third-order valence-electron chi connectivity index (χ3n) is 4.82. The van der Waals surface area contributed by atoms with Crippen molar-refractivity contribution in [3.8, 4) is 5.75 Å². The van der Waals surface area contributed by atoms with E-state index in [1.165, 1.54) is 0 Å². The van der Waals surface area contributed by atoms with E-state index in [1.807, 2.05) is 30.3 Å². The normalized spacial score (nSPS) is 22.3. The Morgan fingerprint density at radius 3 is 2.86 bits per heavy atom. The fraction of sp³-hybridized carbons (Fsp3) is 0.278. The molecule has 2 heterocycles. The molecule has 0 aromatic heterocycles. The van der Waals surface area contributed by atoms with Gasteiger partial charge in [0, 0.05) is 24.5 Å². The third-order valence-corrected chi connectivity index (χ3v) is 4.82. The maximum atomic E-state index is 12.8. The highest BCUT2D eigenvalue weighted by Gasteiger charge is 2.42. The van der Waals surface area contributed by atoms with Crippen molar-refractivity contribution in [2.75, 3.05) is 24.4 Å². The van der Waals surface area contributed by atoms with Gasteiger partial charge in [-0.1, -0.05) is 18.2 Å². The first-order chi connectivity index (χ1) is 10.7. The average Bonchev–Trinajstić information content (AvgIpc) is 2.72. The van der Waals surface area contributed by atoms with E-state index >= 15 is 0 Å². The van der Waals surface area contributed by atoms with Crippen LogP contribution in [0.15, 0.2) is 42.5 Å². The van der Waals surface area contributed by atoms with Crippen molar-refractivity contribution in [1.29, 1.82) is 0 Å². The molecule has 1 amide bonds. The van der Waals surface area contributed by atoms with Crippen molar-refractivity contribution in [3.05, 3.63) is 53.6 Å². The Balaban J connectivity index is 1.81. The minimum Gasteiger partial charge on any atom is -0.497 e.